The molecule has 1 N–H and O–H groups in total. The van der Waals surface area contributed by atoms with Crippen LogP contribution in [0.3, 0.4) is 0 Å². The van der Waals surface area contributed by atoms with Gasteiger partial charge in [-0.05, 0) is 65.7 Å². The highest BCUT2D eigenvalue weighted by Gasteiger charge is 2.24. The van der Waals surface area contributed by atoms with Crippen molar-refractivity contribution in [1.29, 1.82) is 0 Å². The normalized spacial score (nSPS) is 23.8. The maximum absolute atomic E-state index is 11.6. The number of amides is 1. The molecule has 19 heavy (non-hydrogen) atoms. The highest BCUT2D eigenvalue weighted by atomic mass is 16.6. The lowest BCUT2D eigenvalue weighted by Crippen LogP contribution is -2.40. The summed E-state index contributed by atoms with van der Waals surface area (Å²) in [6.07, 6.45) is 5.52. The van der Waals surface area contributed by atoms with Crippen LogP contribution in [-0.2, 0) is 9.53 Å². The molecule has 4 heteroatoms. The third-order valence-corrected chi connectivity index (χ3v) is 3.47. The fourth-order valence-electron chi connectivity index (χ4n) is 2.48. The second-order valence-corrected chi connectivity index (χ2v) is 6.60. The Morgan fingerprint density at radius 3 is 2.21 bits per heavy atom. The summed E-state index contributed by atoms with van der Waals surface area (Å²) in [7, 11) is 0. The monoisotopic (exact) mass is 269 g/mol. The van der Waals surface area contributed by atoms with E-state index in [4.69, 9.17) is 4.74 Å². The highest BCUT2D eigenvalue weighted by molar-refractivity contribution is 5.75. The third-order valence-electron chi connectivity index (χ3n) is 3.47. The Balaban J connectivity index is 2.23. The highest BCUT2D eigenvalue weighted by Crippen LogP contribution is 2.28. The van der Waals surface area contributed by atoms with E-state index < -0.39 is 5.60 Å². The van der Waals surface area contributed by atoms with Crippen LogP contribution in [0.5, 0.6) is 0 Å². The minimum Gasteiger partial charge on any atom is -0.444 e. The summed E-state index contributed by atoms with van der Waals surface area (Å²) < 4.78 is 5.25. The second kappa shape index (κ2) is 6.92. The molecule has 1 amide bonds. The molecule has 0 aliphatic heterocycles. The van der Waals surface area contributed by atoms with Crippen LogP contribution < -0.4 is 5.32 Å². The molecule has 1 rings (SSSR count). The van der Waals surface area contributed by atoms with E-state index in [1.165, 1.54) is 0 Å². The Bertz CT molecular complexity index is 312. The number of carbonyl (C=O) groups excluding carboxylic acids is 2. The van der Waals surface area contributed by atoms with E-state index in [1.54, 1.807) is 6.92 Å². The van der Waals surface area contributed by atoms with Crippen LogP contribution in [0.2, 0.25) is 0 Å². The SMILES string of the molecule is CC(=O)CC[C@H]1CC[C@H](NC(=O)OC(C)(C)C)CC1. The first-order valence-electron chi connectivity index (χ1n) is 7.25. The lowest BCUT2D eigenvalue weighted by atomic mass is 9.83. The van der Waals surface area contributed by atoms with Crippen molar-refractivity contribution in [2.45, 2.75) is 77.9 Å². The van der Waals surface area contributed by atoms with E-state index in [-0.39, 0.29) is 17.9 Å². The van der Waals surface area contributed by atoms with Gasteiger partial charge in [-0.3, -0.25) is 0 Å². The molecule has 4 nitrogen and oxygen atoms in total. The molecule has 0 aromatic rings. The number of ether oxygens (including phenoxy) is 1. The maximum Gasteiger partial charge on any atom is 0.407 e. The standard InChI is InChI=1S/C15H27NO3/c1-11(17)5-6-12-7-9-13(10-8-12)16-14(18)19-15(2,3)4/h12-13H,5-10H2,1-4H3,(H,16,18)/t12-,13-. The average molecular weight is 269 g/mol. The molecule has 1 aliphatic rings. The fraction of sp³-hybridized carbons (Fsp3) is 0.867. The Hall–Kier alpha value is -1.06. The topological polar surface area (TPSA) is 55.4 Å². The third kappa shape index (κ3) is 7.19. The first kappa shape index (κ1) is 16.0. The van der Waals surface area contributed by atoms with Crippen LogP contribution in [0.15, 0.2) is 0 Å². The Labute approximate surface area is 116 Å². The smallest absolute Gasteiger partial charge is 0.407 e. The molecule has 0 heterocycles. The quantitative estimate of drug-likeness (QED) is 0.850. The van der Waals surface area contributed by atoms with Gasteiger partial charge in [0, 0.05) is 12.5 Å². The summed E-state index contributed by atoms with van der Waals surface area (Å²) in [4.78, 5) is 22.6. The van der Waals surface area contributed by atoms with Crippen molar-refractivity contribution in [1.82, 2.24) is 5.32 Å². The first-order chi connectivity index (χ1) is 8.76. The first-order valence-corrected chi connectivity index (χ1v) is 7.25. The molecular weight excluding hydrogens is 242 g/mol. The molecule has 0 radical (unpaired) electrons. The van der Waals surface area contributed by atoms with Crippen LogP contribution in [-0.4, -0.2) is 23.5 Å². The van der Waals surface area contributed by atoms with Crippen molar-refractivity contribution < 1.29 is 14.3 Å². The molecule has 0 spiro atoms. The number of hydrogen-bond acceptors (Lipinski definition) is 3. The number of hydrogen-bond donors (Lipinski definition) is 1. The molecule has 0 aromatic heterocycles. The van der Waals surface area contributed by atoms with Crippen molar-refractivity contribution in [3.8, 4) is 0 Å². The molecule has 0 bridgehead atoms. The van der Waals surface area contributed by atoms with Gasteiger partial charge in [0.15, 0.2) is 0 Å². The minimum atomic E-state index is -0.442. The van der Waals surface area contributed by atoms with Gasteiger partial charge in [-0.15, -0.1) is 0 Å². The number of rotatable bonds is 4. The van der Waals surface area contributed by atoms with Crippen molar-refractivity contribution in [3.05, 3.63) is 0 Å². The van der Waals surface area contributed by atoms with Crippen LogP contribution >= 0.6 is 0 Å². The van der Waals surface area contributed by atoms with E-state index in [0.29, 0.717) is 12.3 Å². The summed E-state index contributed by atoms with van der Waals surface area (Å²) in [6, 6.07) is 0.225. The number of ketones is 1. The van der Waals surface area contributed by atoms with Gasteiger partial charge < -0.3 is 14.8 Å². The Morgan fingerprint density at radius 1 is 1.16 bits per heavy atom. The van der Waals surface area contributed by atoms with Gasteiger partial charge >= 0.3 is 6.09 Å². The predicted octanol–water partition coefficient (Wildman–Crippen LogP) is 3.44. The summed E-state index contributed by atoms with van der Waals surface area (Å²) >= 11 is 0. The van der Waals surface area contributed by atoms with Crippen LogP contribution in [0.25, 0.3) is 0 Å². The van der Waals surface area contributed by atoms with Crippen molar-refractivity contribution in [3.63, 3.8) is 0 Å². The van der Waals surface area contributed by atoms with Gasteiger partial charge in [-0.25, -0.2) is 4.79 Å². The van der Waals surface area contributed by atoms with E-state index >= 15 is 0 Å². The largest absolute Gasteiger partial charge is 0.444 e. The molecule has 110 valence electrons. The second-order valence-electron chi connectivity index (χ2n) is 6.60. The maximum atomic E-state index is 11.6. The van der Waals surface area contributed by atoms with E-state index in [0.717, 1.165) is 32.1 Å². The lowest BCUT2D eigenvalue weighted by molar-refractivity contribution is -0.117. The zero-order valence-electron chi connectivity index (χ0n) is 12.6. The van der Waals surface area contributed by atoms with E-state index in [1.807, 2.05) is 20.8 Å². The Kier molecular flexibility index (Phi) is 5.83. The summed E-state index contributed by atoms with van der Waals surface area (Å²) in [5.41, 5.74) is -0.442. The molecule has 0 atom stereocenters. The van der Waals surface area contributed by atoms with Gasteiger partial charge in [0.05, 0.1) is 0 Å². The van der Waals surface area contributed by atoms with E-state index in [2.05, 4.69) is 5.32 Å². The molecule has 1 saturated carbocycles. The average Bonchev–Trinajstić information content (AvgIpc) is 2.25. The van der Waals surface area contributed by atoms with Gasteiger partial charge in [0.1, 0.15) is 11.4 Å². The van der Waals surface area contributed by atoms with Crippen molar-refractivity contribution in [2.24, 2.45) is 5.92 Å². The minimum absolute atomic E-state index is 0.225. The zero-order chi connectivity index (χ0) is 14.5. The number of alkyl carbamates (subject to hydrolysis) is 1. The number of Topliss-reactive ketones (excluding diaryl/α,β-unsaturated/α-hetero) is 1. The van der Waals surface area contributed by atoms with Gasteiger partial charge in [-0.2, -0.15) is 0 Å². The Morgan fingerprint density at radius 2 is 1.74 bits per heavy atom. The zero-order valence-corrected chi connectivity index (χ0v) is 12.6. The lowest BCUT2D eigenvalue weighted by Gasteiger charge is -2.30. The molecule has 1 aliphatic carbocycles. The molecule has 0 unspecified atom stereocenters. The molecule has 0 saturated heterocycles. The van der Waals surface area contributed by atoms with Gasteiger partial charge in [0.25, 0.3) is 0 Å². The predicted molar refractivity (Wildman–Crippen MR) is 75.0 cm³/mol. The van der Waals surface area contributed by atoms with Gasteiger partial charge in [0.2, 0.25) is 0 Å². The van der Waals surface area contributed by atoms with Gasteiger partial charge in [-0.1, -0.05) is 0 Å². The fourth-order valence-corrected chi connectivity index (χ4v) is 2.48. The van der Waals surface area contributed by atoms with Crippen molar-refractivity contribution >= 4 is 11.9 Å². The summed E-state index contributed by atoms with van der Waals surface area (Å²) in [5, 5.41) is 2.93. The number of carbonyl (C=O) groups is 2. The number of nitrogens with one attached hydrogen (secondary N) is 1. The molecule has 1 fully saturated rings. The summed E-state index contributed by atoms with van der Waals surface area (Å²) in [6.45, 7) is 7.25. The van der Waals surface area contributed by atoms with Crippen LogP contribution in [0, 0.1) is 5.92 Å². The van der Waals surface area contributed by atoms with Crippen molar-refractivity contribution in [2.75, 3.05) is 0 Å². The van der Waals surface area contributed by atoms with Crippen LogP contribution in [0.4, 0.5) is 4.79 Å². The molecule has 0 aromatic carbocycles. The van der Waals surface area contributed by atoms with Crippen LogP contribution in [0.1, 0.15) is 66.2 Å². The van der Waals surface area contributed by atoms with E-state index in [9.17, 15) is 9.59 Å². The molecular formula is C15H27NO3. The summed E-state index contributed by atoms with van der Waals surface area (Å²) in [5.74, 6) is 0.912.